The van der Waals surface area contributed by atoms with Crippen molar-refractivity contribution in [3.05, 3.63) is 70.7 Å². The topological polar surface area (TPSA) is 117 Å². The zero-order valence-electron chi connectivity index (χ0n) is 21.8. The van der Waals surface area contributed by atoms with E-state index in [1.807, 2.05) is 17.6 Å². The van der Waals surface area contributed by atoms with E-state index in [-0.39, 0.29) is 5.91 Å². The number of hydrogen-bond acceptors (Lipinski definition) is 7. The van der Waals surface area contributed by atoms with Crippen LogP contribution in [0.4, 0.5) is 4.39 Å². The number of aliphatic imine (C=N–C) groups is 1. The molecule has 3 unspecified atom stereocenters. The molecule has 1 aliphatic carbocycles. The van der Waals surface area contributed by atoms with Crippen LogP contribution < -0.4 is 10.6 Å². The van der Waals surface area contributed by atoms with E-state index in [1.54, 1.807) is 37.6 Å². The van der Waals surface area contributed by atoms with Crippen LogP contribution in [0.1, 0.15) is 52.1 Å². The minimum absolute atomic E-state index is 0.311. The lowest BCUT2D eigenvalue weighted by Gasteiger charge is -2.30. The molecule has 1 aromatic carbocycles. The monoisotopic (exact) mass is 547 g/mol. The molecule has 5 rings (SSSR count). The number of rotatable bonds is 7. The Morgan fingerprint density at radius 3 is 2.79 bits per heavy atom. The quantitative estimate of drug-likeness (QED) is 0.178. The van der Waals surface area contributed by atoms with Crippen molar-refractivity contribution in [1.29, 1.82) is 0 Å². The summed E-state index contributed by atoms with van der Waals surface area (Å²) >= 11 is 1.31. The number of nitrogens with one attached hydrogen (secondary N) is 2. The van der Waals surface area contributed by atoms with Gasteiger partial charge in [0.05, 0.1) is 53.2 Å². The molecular formula is C28H30FN7O2S. The molecule has 1 amide bonds. The van der Waals surface area contributed by atoms with Crippen LogP contribution in [0.25, 0.3) is 28.1 Å². The van der Waals surface area contributed by atoms with Crippen LogP contribution in [0.2, 0.25) is 0 Å². The van der Waals surface area contributed by atoms with Gasteiger partial charge in [0.2, 0.25) is 0 Å². The number of aromatic nitrogens is 4. The molecule has 11 heteroatoms. The molecule has 1 saturated carbocycles. The van der Waals surface area contributed by atoms with E-state index in [1.165, 1.54) is 23.7 Å². The van der Waals surface area contributed by atoms with E-state index < -0.39 is 24.0 Å². The fourth-order valence-corrected chi connectivity index (χ4v) is 5.67. The number of carbonyl (C=O) groups excluding carboxylic acids is 1. The summed E-state index contributed by atoms with van der Waals surface area (Å²) < 4.78 is 17.0. The third-order valence-corrected chi connectivity index (χ3v) is 7.81. The molecule has 3 N–H and O–H groups in total. The molecule has 202 valence electrons. The van der Waals surface area contributed by atoms with E-state index in [4.69, 9.17) is 4.98 Å². The lowest BCUT2D eigenvalue weighted by molar-refractivity contribution is 0.0657. The van der Waals surface area contributed by atoms with Gasteiger partial charge in [0.25, 0.3) is 5.91 Å². The number of aliphatic hydroxyl groups excluding tert-OH is 1. The fourth-order valence-electron chi connectivity index (χ4n) is 5.00. The molecule has 9 nitrogen and oxygen atoms in total. The Hall–Kier alpha value is -3.96. The predicted octanol–water partition coefficient (Wildman–Crippen LogP) is 4.50. The van der Waals surface area contributed by atoms with Crippen molar-refractivity contribution in [3.63, 3.8) is 0 Å². The van der Waals surface area contributed by atoms with E-state index in [2.05, 4.69) is 32.2 Å². The summed E-state index contributed by atoms with van der Waals surface area (Å²) in [6.45, 7) is 5.93. The van der Waals surface area contributed by atoms with Gasteiger partial charge < -0.3 is 20.3 Å². The van der Waals surface area contributed by atoms with Crippen LogP contribution in [0, 0.1) is 12.7 Å². The number of pyridine rings is 1. The van der Waals surface area contributed by atoms with E-state index >= 15 is 4.39 Å². The van der Waals surface area contributed by atoms with Gasteiger partial charge >= 0.3 is 0 Å². The SMILES string of the molecule is C=C(NC=NC)c1cc2c(cn1)nc(-c1ccccc1F)n2C1CCCCC(NC(=O)c2ncc(C)s2)C1O. The lowest BCUT2D eigenvalue weighted by Crippen LogP contribution is -2.46. The first kappa shape index (κ1) is 26.6. The number of aliphatic hydroxyl groups is 1. The summed E-state index contributed by atoms with van der Waals surface area (Å²) in [6, 6.07) is 7.28. The van der Waals surface area contributed by atoms with Gasteiger partial charge in [-0.3, -0.25) is 14.8 Å². The number of fused-ring (bicyclic) bond motifs is 1. The number of imidazole rings is 1. The van der Waals surface area contributed by atoms with Gasteiger partial charge in [-0.1, -0.05) is 31.6 Å². The normalized spacial score (nSPS) is 19.7. The molecule has 39 heavy (non-hydrogen) atoms. The Labute approximate surface area is 229 Å². The van der Waals surface area contributed by atoms with E-state index in [9.17, 15) is 9.90 Å². The van der Waals surface area contributed by atoms with Crippen LogP contribution >= 0.6 is 11.3 Å². The smallest absolute Gasteiger partial charge is 0.280 e. The second-order valence-electron chi connectivity index (χ2n) is 9.55. The maximum atomic E-state index is 15.1. The molecule has 4 aromatic rings. The number of hydrogen-bond donors (Lipinski definition) is 3. The maximum absolute atomic E-state index is 15.1. The van der Waals surface area contributed by atoms with Gasteiger partial charge in [0, 0.05) is 18.1 Å². The highest BCUT2D eigenvalue weighted by Crippen LogP contribution is 2.37. The first-order valence-electron chi connectivity index (χ1n) is 12.8. The molecule has 0 spiro atoms. The van der Waals surface area contributed by atoms with Crippen molar-refractivity contribution in [2.24, 2.45) is 4.99 Å². The van der Waals surface area contributed by atoms with Crippen molar-refractivity contribution >= 4 is 40.3 Å². The summed E-state index contributed by atoms with van der Waals surface area (Å²) in [7, 11) is 1.64. The van der Waals surface area contributed by atoms with Crippen molar-refractivity contribution in [2.45, 2.75) is 50.8 Å². The van der Waals surface area contributed by atoms with Gasteiger partial charge in [0.1, 0.15) is 17.2 Å². The highest BCUT2D eigenvalue weighted by Gasteiger charge is 2.35. The first-order chi connectivity index (χ1) is 18.9. The standard InChI is InChI=1S/C28H30FN7O2S/c1-16-13-32-28(39-16)27(38)35-20-10-6-7-11-23(25(20)37)36-24-12-21(17(2)33-15-30-3)31-14-22(24)34-26(36)18-8-4-5-9-19(18)29/h4-5,8-9,12-15,20,23,25,37H,2,6-7,10-11H2,1,3H3,(H,30,33)(H,35,38). The molecule has 1 fully saturated rings. The third-order valence-electron chi connectivity index (χ3n) is 6.90. The highest BCUT2D eigenvalue weighted by atomic mass is 32.1. The fraction of sp³-hybridized carbons (Fsp3) is 0.321. The first-order valence-corrected chi connectivity index (χ1v) is 13.6. The lowest BCUT2D eigenvalue weighted by atomic mass is 10.00. The average molecular weight is 548 g/mol. The average Bonchev–Trinajstić information content (AvgIpc) is 3.49. The Morgan fingerprint density at radius 2 is 2.05 bits per heavy atom. The molecule has 1 aliphatic rings. The summed E-state index contributed by atoms with van der Waals surface area (Å²) in [4.78, 5) is 31.2. The van der Waals surface area contributed by atoms with Crippen LogP contribution in [0.5, 0.6) is 0 Å². The minimum atomic E-state index is -0.953. The van der Waals surface area contributed by atoms with Crippen LogP contribution in [-0.4, -0.2) is 56.1 Å². The summed E-state index contributed by atoms with van der Waals surface area (Å²) in [5.74, 6) is -0.337. The van der Waals surface area contributed by atoms with Gasteiger partial charge in [-0.05, 0) is 38.0 Å². The van der Waals surface area contributed by atoms with Crippen molar-refractivity contribution in [3.8, 4) is 11.4 Å². The molecular weight excluding hydrogens is 517 g/mol. The van der Waals surface area contributed by atoms with Crippen molar-refractivity contribution in [1.82, 2.24) is 30.2 Å². The zero-order valence-corrected chi connectivity index (χ0v) is 22.6. The summed E-state index contributed by atoms with van der Waals surface area (Å²) in [5, 5.41) is 18.1. The predicted molar refractivity (Wildman–Crippen MR) is 151 cm³/mol. The second kappa shape index (κ2) is 11.4. The Balaban J connectivity index is 1.59. The third kappa shape index (κ3) is 5.45. The Bertz CT molecular complexity index is 1550. The van der Waals surface area contributed by atoms with Gasteiger partial charge in [-0.2, -0.15) is 0 Å². The van der Waals surface area contributed by atoms with Crippen LogP contribution in [-0.2, 0) is 0 Å². The second-order valence-corrected chi connectivity index (χ2v) is 10.8. The largest absolute Gasteiger partial charge is 0.389 e. The maximum Gasteiger partial charge on any atom is 0.280 e. The number of aryl methyl sites for hydroxylation is 1. The molecule has 0 saturated heterocycles. The molecule has 3 heterocycles. The van der Waals surface area contributed by atoms with Gasteiger partial charge in [-0.15, -0.1) is 11.3 Å². The van der Waals surface area contributed by atoms with Crippen LogP contribution in [0.15, 0.2) is 54.3 Å². The number of benzene rings is 1. The van der Waals surface area contributed by atoms with E-state index in [0.717, 1.165) is 17.7 Å². The number of nitrogens with zero attached hydrogens (tertiary/aromatic N) is 5. The van der Waals surface area contributed by atoms with Gasteiger partial charge in [0.15, 0.2) is 5.01 Å². The molecule has 0 aliphatic heterocycles. The molecule has 3 aromatic heterocycles. The van der Waals surface area contributed by atoms with Crippen molar-refractivity contribution < 1.29 is 14.3 Å². The van der Waals surface area contributed by atoms with Crippen LogP contribution in [0.3, 0.4) is 0 Å². The highest BCUT2D eigenvalue weighted by molar-refractivity contribution is 7.13. The van der Waals surface area contributed by atoms with Crippen molar-refractivity contribution in [2.75, 3.05) is 7.05 Å². The Morgan fingerprint density at radius 1 is 1.26 bits per heavy atom. The number of amides is 1. The van der Waals surface area contributed by atoms with Gasteiger partial charge in [-0.25, -0.2) is 14.4 Å². The minimum Gasteiger partial charge on any atom is -0.389 e. The number of thiazole rings is 1. The molecule has 3 atom stereocenters. The Kier molecular flexibility index (Phi) is 7.80. The summed E-state index contributed by atoms with van der Waals surface area (Å²) in [5.41, 5.74) is 2.66. The molecule has 0 bridgehead atoms. The number of halogens is 1. The number of carbonyl (C=O) groups is 1. The summed E-state index contributed by atoms with van der Waals surface area (Å²) in [6.07, 6.45) is 6.71. The zero-order chi connectivity index (χ0) is 27.5. The van der Waals surface area contributed by atoms with E-state index in [0.29, 0.717) is 51.7 Å². The molecule has 0 radical (unpaired) electrons.